The summed E-state index contributed by atoms with van der Waals surface area (Å²) in [5.74, 6) is 0.921. The maximum Gasteiger partial charge on any atom is 0.149 e. The van der Waals surface area contributed by atoms with Gasteiger partial charge in [-0.25, -0.2) is 4.98 Å². The van der Waals surface area contributed by atoms with Crippen molar-refractivity contribution in [3.8, 4) is 50.5 Å². The van der Waals surface area contributed by atoms with Crippen molar-refractivity contribution < 1.29 is 5.79 Å². The number of benzene rings is 7. The molecule has 58 heavy (non-hydrogen) atoms. The van der Waals surface area contributed by atoms with Crippen molar-refractivity contribution in [2.45, 2.75) is 77.5 Å². The van der Waals surface area contributed by atoms with Crippen molar-refractivity contribution in [2.75, 3.05) is 0 Å². The fourth-order valence-electron chi connectivity index (χ4n) is 9.22. The first-order valence-electron chi connectivity index (χ1n) is 21.6. The smallest absolute Gasteiger partial charge is 0.149 e. The first kappa shape index (κ1) is 35.0. The van der Waals surface area contributed by atoms with Crippen LogP contribution >= 0.6 is 0 Å². The van der Waals surface area contributed by atoms with Crippen LogP contribution in [-0.2, 0) is 0 Å². The second-order valence-corrected chi connectivity index (χ2v) is 16.8. The molecule has 0 amide bonds. The lowest BCUT2D eigenvalue weighted by atomic mass is 9.84. The topological polar surface area (TPSA) is 31.0 Å². The van der Waals surface area contributed by atoms with Crippen molar-refractivity contribution in [3.63, 3.8) is 0 Å². The van der Waals surface area contributed by atoms with Gasteiger partial charge in [-0.15, -0.1) is 0 Å². The number of fused-ring (bicyclic) bond motifs is 4. The molecule has 0 unspecified atom stereocenters. The van der Waals surface area contributed by atoms with E-state index in [1.165, 1.54) is 45.5 Å². The number of aromatic nitrogens is 2. The lowest BCUT2D eigenvalue weighted by molar-refractivity contribution is 0.443. The van der Waals surface area contributed by atoms with E-state index in [-0.39, 0.29) is 11.8 Å². The second-order valence-electron chi connectivity index (χ2n) is 16.8. The second kappa shape index (κ2) is 15.0. The monoisotopic (exact) mass is 755 g/mol. The third-order valence-electron chi connectivity index (χ3n) is 12.3. The largest absolute Gasteiger partial charge is 0.455 e. The zero-order valence-electron chi connectivity index (χ0n) is 34.9. The number of hydrogen-bond donors (Lipinski definition) is 0. The van der Waals surface area contributed by atoms with Crippen LogP contribution in [0.3, 0.4) is 0 Å². The molecule has 1 saturated carbocycles. The molecular formula is C55H50N2O. The molecule has 7 aromatic carbocycles. The maximum absolute atomic E-state index is 9.12. The Labute approximate surface area is 343 Å². The summed E-state index contributed by atoms with van der Waals surface area (Å²) in [6, 6.07) is 54.6. The maximum atomic E-state index is 9.12. The van der Waals surface area contributed by atoms with Gasteiger partial charge >= 0.3 is 0 Å². The van der Waals surface area contributed by atoms with E-state index in [1.807, 2.05) is 0 Å². The van der Waals surface area contributed by atoms with E-state index < -0.39 is 5.89 Å². The average molecular weight is 756 g/mol. The highest BCUT2D eigenvalue weighted by Gasteiger charge is 2.26. The summed E-state index contributed by atoms with van der Waals surface area (Å²) >= 11 is 0. The van der Waals surface area contributed by atoms with E-state index in [4.69, 9.17) is 10.8 Å². The standard InChI is InChI=1S/C55H50N2O/c1-35(2)48-32-44(42-28-24-40(25-29-42)38-16-9-6-10-17-38)33-49(36(3)4)53(48)57-51-21-12-11-20-50(51)56-55(57)47-19-13-18-46-45-31-30-43(34-52(45)58-54(46)47)41-26-22-39(23-27-41)37-14-7-5-8-15-37/h6,9-13,16-37H,5,7-8,14-15H2,1-4H3/i37D. The Morgan fingerprint density at radius 2 is 1.17 bits per heavy atom. The summed E-state index contributed by atoms with van der Waals surface area (Å²) in [7, 11) is 0. The molecule has 9 aromatic rings. The van der Waals surface area contributed by atoms with Crippen LogP contribution in [0.2, 0.25) is 0 Å². The van der Waals surface area contributed by atoms with E-state index in [0.717, 1.165) is 86.7 Å². The molecule has 0 bridgehead atoms. The summed E-state index contributed by atoms with van der Waals surface area (Å²) in [5.41, 5.74) is 16.7. The number of nitrogens with zero attached hydrogens (tertiary/aromatic N) is 2. The van der Waals surface area contributed by atoms with Crippen LogP contribution in [0.25, 0.3) is 83.4 Å². The van der Waals surface area contributed by atoms with Crippen LogP contribution < -0.4 is 0 Å². The molecule has 0 saturated heterocycles. The van der Waals surface area contributed by atoms with Crippen LogP contribution in [0.5, 0.6) is 0 Å². The molecule has 3 heteroatoms. The number of furan rings is 1. The Morgan fingerprint density at radius 3 is 1.88 bits per heavy atom. The molecule has 1 fully saturated rings. The van der Waals surface area contributed by atoms with Gasteiger partial charge in [0.05, 0.1) is 22.3 Å². The molecule has 0 N–H and O–H groups in total. The van der Waals surface area contributed by atoms with Crippen LogP contribution in [0, 0.1) is 0 Å². The molecule has 0 spiro atoms. The lowest BCUT2D eigenvalue weighted by Crippen LogP contribution is -2.09. The summed E-state index contributed by atoms with van der Waals surface area (Å²) in [4.78, 5) is 5.40. The molecule has 1 aliphatic carbocycles. The molecule has 0 atom stereocenters. The van der Waals surface area contributed by atoms with Crippen LogP contribution in [0.15, 0.2) is 156 Å². The highest BCUT2D eigenvalue weighted by molar-refractivity contribution is 6.10. The normalized spacial score (nSPS) is 14.6. The Morgan fingerprint density at radius 1 is 0.569 bits per heavy atom. The van der Waals surface area contributed by atoms with Gasteiger partial charge in [0.15, 0.2) is 0 Å². The van der Waals surface area contributed by atoms with E-state index in [2.05, 4.69) is 184 Å². The third kappa shape index (κ3) is 6.43. The van der Waals surface area contributed by atoms with Gasteiger partial charge in [-0.05, 0) is 123 Å². The van der Waals surface area contributed by atoms with Crippen LogP contribution in [0.4, 0.5) is 0 Å². The van der Waals surface area contributed by atoms with E-state index >= 15 is 0 Å². The Balaban J connectivity index is 1.10. The molecular weight excluding hydrogens is 705 g/mol. The van der Waals surface area contributed by atoms with Gasteiger partial charge in [-0.3, -0.25) is 4.57 Å². The predicted octanol–water partition coefficient (Wildman–Crippen LogP) is 15.9. The minimum atomic E-state index is -0.463. The zero-order chi connectivity index (χ0) is 40.3. The highest BCUT2D eigenvalue weighted by atomic mass is 16.3. The minimum Gasteiger partial charge on any atom is -0.455 e. The van der Waals surface area contributed by atoms with Gasteiger partial charge in [-0.2, -0.15) is 0 Å². The summed E-state index contributed by atoms with van der Waals surface area (Å²) in [5, 5.41) is 2.17. The van der Waals surface area contributed by atoms with Crippen LogP contribution in [-0.4, -0.2) is 9.55 Å². The van der Waals surface area contributed by atoms with Crippen LogP contribution in [0.1, 0.15) is 95.6 Å². The number of hydrogen-bond acceptors (Lipinski definition) is 2. The quantitative estimate of drug-likeness (QED) is 0.155. The number of imidazole rings is 1. The molecule has 2 aromatic heterocycles. The molecule has 1 aliphatic rings. The molecule has 0 radical (unpaired) electrons. The highest BCUT2D eigenvalue weighted by Crippen LogP contribution is 2.43. The first-order valence-corrected chi connectivity index (χ1v) is 21.1. The fourth-order valence-corrected chi connectivity index (χ4v) is 9.22. The fraction of sp³-hybridized carbons (Fsp3) is 0.218. The third-order valence-corrected chi connectivity index (χ3v) is 12.3. The molecule has 3 nitrogen and oxygen atoms in total. The first-order chi connectivity index (χ1) is 28.8. The SMILES string of the molecule is [2H]C1(c2ccc(-c3ccc4c(c3)oc3c(-c5nc6ccccc6n5-c5c(C(C)C)cc(-c6ccc(-c7ccccc7)cc6)cc5C(C)C)cccc34)cc2)CCCCC1. The minimum absolute atomic E-state index is 0.254. The van der Waals surface area contributed by atoms with Gasteiger partial charge in [-0.1, -0.05) is 156 Å². The van der Waals surface area contributed by atoms with Gasteiger partial charge in [0, 0.05) is 12.1 Å². The van der Waals surface area contributed by atoms with Gasteiger partial charge in [0.2, 0.25) is 0 Å². The van der Waals surface area contributed by atoms with E-state index in [0.29, 0.717) is 0 Å². The van der Waals surface area contributed by atoms with Crippen molar-refractivity contribution >= 4 is 33.0 Å². The number of para-hydroxylation sites is 3. The van der Waals surface area contributed by atoms with E-state index in [1.54, 1.807) is 0 Å². The molecule has 2 heterocycles. The Hall–Kier alpha value is -6.19. The predicted molar refractivity (Wildman–Crippen MR) is 244 cm³/mol. The van der Waals surface area contributed by atoms with Gasteiger partial charge in [0.25, 0.3) is 0 Å². The summed E-state index contributed by atoms with van der Waals surface area (Å²) in [6.07, 6.45) is 5.41. The average Bonchev–Trinajstić information content (AvgIpc) is 3.85. The van der Waals surface area contributed by atoms with Crippen molar-refractivity contribution in [1.82, 2.24) is 9.55 Å². The van der Waals surface area contributed by atoms with Crippen molar-refractivity contribution in [3.05, 3.63) is 168 Å². The molecule has 286 valence electrons. The van der Waals surface area contributed by atoms with Crippen molar-refractivity contribution in [1.29, 1.82) is 0 Å². The Bertz CT molecular complexity index is 2930. The zero-order valence-corrected chi connectivity index (χ0v) is 33.9. The molecule has 0 aliphatic heterocycles. The van der Waals surface area contributed by atoms with Gasteiger partial charge < -0.3 is 4.42 Å². The lowest BCUT2D eigenvalue weighted by Gasteiger charge is -2.24. The Kier molecular flexibility index (Phi) is 9.03. The van der Waals surface area contributed by atoms with E-state index in [9.17, 15) is 0 Å². The summed E-state index contributed by atoms with van der Waals surface area (Å²) < 4.78 is 18.4. The molecule has 10 rings (SSSR count). The van der Waals surface area contributed by atoms with Crippen molar-refractivity contribution in [2.24, 2.45) is 0 Å². The van der Waals surface area contributed by atoms with Gasteiger partial charge in [0.1, 0.15) is 17.0 Å². The number of rotatable bonds is 8. The summed E-state index contributed by atoms with van der Waals surface area (Å²) in [6.45, 7) is 9.21.